The third-order valence-corrected chi connectivity index (χ3v) is 3.31. The summed E-state index contributed by atoms with van der Waals surface area (Å²) in [5.41, 5.74) is 1.04. The van der Waals surface area contributed by atoms with E-state index in [0.717, 1.165) is 23.8 Å². The lowest BCUT2D eigenvalue weighted by Crippen LogP contribution is -2.21. The Kier molecular flexibility index (Phi) is 2.17. The summed E-state index contributed by atoms with van der Waals surface area (Å²) in [6, 6.07) is 2.30. The first-order valence-corrected chi connectivity index (χ1v) is 5.01. The highest BCUT2D eigenvalue weighted by Gasteiger charge is 2.26. The van der Waals surface area contributed by atoms with Crippen molar-refractivity contribution >= 4 is 0 Å². The van der Waals surface area contributed by atoms with Crippen LogP contribution >= 0.6 is 0 Å². The van der Waals surface area contributed by atoms with Crippen molar-refractivity contribution in [1.82, 2.24) is 0 Å². The van der Waals surface area contributed by atoms with Gasteiger partial charge in [-0.3, -0.25) is 0 Å². The Balaban J connectivity index is 2.11. The molecule has 1 heteroatoms. The van der Waals surface area contributed by atoms with Crippen LogP contribution in [0.2, 0.25) is 0 Å². The predicted octanol–water partition coefficient (Wildman–Crippen LogP) is 3.04. The minimum atomic E-state index is 0.752. The van der Waals surface area contributed by atoms with Crippen molar-refractivity contribution in [1.29, 1.82) is 5.26 Å². The number of fused-ring (bicyclic) bond motifs is 1. The number of nitriles is 1. The Morgan fingerprint density at radius 1 is 1.25 bits per heavy atom. The van der Waals surface area contributed by atoms with Gasteiger partial charge in [-0.25, -0.2) is 0 Å². The van der Waals surface area contributed by atoms with Gasteiger partial charge in [-0.05, 0) is 37.5 Å². The van der Waals surface area contributed by atoms with Crippen LogP contribution < -0.4 is 0 Å². The van der Waals surface area contributed by atoms with Gasteiger partial charge in [0.1, 0.15) is 0 Å². The van der Waals surface area contributed by atoms with Crippen LogP contribution in [0.25, 0.3) is 0 Å². The zero-order valence-corrected chi connectivity index (χ0v) is 7.42. The minimum Gasteiger partial charge on any atom is -0.193 e. The largest absolute Gasteiger partial charge is 0.193 e. The molecule has 0 unspecified atom stereocenters. The first-order chi connectivity index (χ1) is 5.90. The lowest BCUT2D eigenvalue weighted by molar-refractivity contribution is 0.257. The zero-order valence-electron chi connectivity index (χ0n) is 7.42. The van der Waals surface area contributed by atoms with Crippen molar-refractivity contribution in [3.8, 4) is 6.07 Å². The Hall–Kier alpha value is -0.770. The van der Waals surface area contributed by atoms with Gasteiger partial charge >= 0.3 is 0 Å². The summed E-state index contributed by atoms with van der Waals surface area (Å²) in [6.07, 6.45) is 10.1. The van der Waals surface area contributed by atoms with E-state index in [1.807, 2.05) is 0 Å². The lowest BCUT2D eigenvalue weighted by atomic mass is 9.72. The van der Waals surface area contributed by atoms with E-state index in [-0.39, 0.29) is 0 Å². The zero-order chi connectivity index (χ0) is 8.39. The number of rotatable bonds is 0. The van der Waals surface area contributed by atoms with E-state index >= 15 is 0 Å². The molecule has 2 aliphatic rings. The fourth-order valence-electron chi connectivity index (χ4n) is 2.59. The third kappa shape index (κ3) is 1.39. The molecule has 0 aliphatic heterocycles. The summed E-state index contributed by atoms with van der Waals surface area (Å²) >= 11 is 0. The highest BCUT2D eigenvalue weighted by Crippen LogP contribution is 2.38. The van der Waals surface area contributed by atoms with E-state index < -0.39 is 0 Å². The summed E-state index contributed by atoms with van der Waals surface area (Å²) in [7, 11) is 0. The van der Waals surface area contributed by atoms with Crippen LogP contribution in [0.3, 0.4) is 0 Å². The van der Waals surface area contributed by atoms with Crippen molar-refractivity contribution in [2.24, 2.45) is 11.8 Å². The lowest BCUT2D eigenvalue weighted by Gasteiger charge is -2.32. The van der Waals surface area contributed by atoms with Gasteiger partial charge < -0.3 is 0 Å². The highest BCUT2D eigenvalue weighted by atomic mass is 14.3. The smallest absolute Gasteiger partial charge is 0.0943 e. The minimum absolute atomic E-state index is 0.752. The van der Waals surface area contributed by atoms with Gasteiger partial charge in [-0.1, -0.05) is 18.9 Å². The topological polar surface area (TPSA) is 23.8 Å². The molecular weight excluding hydrogens is 146 g/mol. The van der Waals surface area contributed by atoms with Crippen molar-refractivity contribution < 1.29 is 0 Å². The fourth-order valence-corrected chi connectivity index (χ4v) is 2.59. The average molecular weight is 161 g/mol. The molecule has 0 amide bonds. The molecule has 0 aromatic carbocycles. The van der Waals surface area contributed by atoms with Gasteiger partial charge in [0.05, 0.1) is 6.07 Å². The molecule has 2 rings (SSSR count). The van der Waals surface area contributed by atoms with E-state index in [1.165, 1.54) is 32.1 Å². The van der Waals surface area contributed by atoms with Crippen molar-refractivity contribution in [2.45, 2.75) is 38.5 Å². The van der Waals surface area contributed by atoms with Crippen LogP contribution in [0.4, 0.5) is 0 Å². The second-order valence-corrected chi connectivity index (χ2v) is 4.05. The van der Waals surface area contributed by atoms with Crippen LogP contribution in [0.15, 0.2) is 11.6 Å². The molecule has 1 fully saturated rings. The molecule has 12 heavy (non-hydrogen) atoms. The maximum Gasteiger partial charge on any atom is 0.0943 e. The normalized spacial score (nSPS) is 34.8. The standard InChI is InChI=1S/C11H15N/c12-8-9-5-6-10-3-1-2-4-11(10)7-9/h7,10-11H,1-6H2/t10-,11-/m0/s1. The van der Waals surface area contributed by atoms with Crippen LogP contribution in [-0.4, -0.2) is 0 Å². The van der Waals surface area contributed by atoms with Gasteiger partial charge in [-0.2, -0.15) is 5.26 Å². The summed E-state index contributed by atoms with van der Waals surface area (Å²) in [4.78, 5) is 0. The molecule has 0 radical (unpaired) electrons. The maximum atomic E-state index is 8.76. The molecule has 2 aliphatic carbocycles. The Morgan fingerprint density at radius 2 is 2.08 bits per heavy atom. The Morgan fingerprint density at radius 3 is 2.92 bits per heavy atom. The monoisotopic (exact) mass is 161 g/mol. The number of hydrogen-bond donors (Lipinski definition) is 0. The molecule has 0 heterocycles. The van der Waals surface area contributed by atoms with Gasteiger partial charge in [0, 0.05) is 5.57 Å². The summed E-state index contributed by atoms with van der Waals surface area (Å²) in [5, 5.41) is 8.76. The van der Waals surface area contributed by atoms with Crippen molar-refractivity contribution in [2.75, 3.05) is 0 Å². The molecule has 0 spiro atoms. The quantitative estimate of drug-likeness (QED) is 0.535. The molecule has 0 aromatic heterocycles. The van der Waals surface area contributed by atoms with E-state index in [4.69, 9.17) is 5.26 Å². The maximum absolute atomic E-state index is 8.76. The molecule has 0 saturated heterocycles. The van der Waals surface area contributed by atoms with Crippen LogP contribution in [0, 0.1) is 23.2 Å². The second-order valence-electron chi connectivity index (χ2n) is 4.05. The SMILES string of the molecule is N#CC1=C[C@@H]2CCCC[C@H]2CC1. The molecular formula is C11H15N. The summed E-state index contributed by atoms with van der Waals surface area (Å²) in [5.74, 6) is 1.66. The molecule has 0 bridgehead atoms. The van der Waals surface area contributed by atoms with Crippen molar-refractivity contribution in [3.63, 3.8) is 0 Å². The number of nitrogens with zero attached hydrogens (tertiary/aromatic N) is 1. The molecule has 64 valence electrons. The average Bonchev–Trinajstić information content (AvgIpc) is 2.17. The predicted molar refractivity (Wildman–Crippen MR) is 48.4 cm³/mol. The number of hydrogen-bond acceptors (Lipinski definition) is 1. The summed E-state index contributed by atoms with van der Waals surface area (Å²) in [6.45, 7) is 0. The third-order valence-electron chi connectivity index (χ3n) is 3.31. The van der Waals surface area contributed by atoms with Crippen LogP contribution in [-0.2, 0) is 0 Å². The Bertz CT molecular complexity index is 234. The summed E-state index contributed by atoms with van der Waals surface area (Å²) < 4.78 is 0. The molecule has 1 saturated carbocycles. The fraction of sp³-hybridized carbons (Fsp3) is 0.727. The molecule has 0 aromatic rings. The molecule has 0 N–H and O–H groups in total. The van der Waals surface area contributed by atoms with Crippen LogP contribution in [0.5, 0.6) is 0 Å². The van der Waals surface area contributed by atoms with Gasteiger partial charge in [0.2, 0.25) is 0 Å². The van der Waals surface area contributed by atoms with E-state index in [2.05, 4.69) is 12.1 Å². The molecule has 1 nitrogen and oxygen atoms in total. The number of allylic oxidation sites excluding steroid dienone is 2. The van der Waals surface area contributed by atoms with Gasteiger partial charge in [-0.15, -0.1) is 0 Å². The first-order valence-electron chi connectivity index (χ1n) is 5.01. The van der Waals surface area contributed by atoms with Gasteiger partial charge in [0.25, 0.3) is 0 Å². The van der Waals surface area contributed by atoms with Crippen molar-refractivity contribution in [3.05, 3.63) is 11.6 Å². The first kappa shape index (κ1) is 7.86. The Labute approximate surface area is 74.1 Å². The van der Waals surface area contributed by atoms with E-state index in [1.54, 1.807) is 0 Å². The van der Waals surface area contributed by atoms with Crippen LogP contribution in [0.1, 0.15) is 38.5 Å². The second kappa shape index (κ2) is 3.31. The van der Waals surface area contributed by atoms with E-state index in [0.29, 0.717) is 0 Å². The highest BCUT2D eigenvalue weighted by molar-refractivity contribution is 5.24. The van der Waals surface area contributed by atoms with Gasteiger partial charge in [0.15, 0.2) is 0 Å². The van der Waals surface area contributed by atoms with E-state index in [9.17, 15) is 0 Å². The molecule has 2 atom stereocenters.